The molecule has 1 amide bonds. The second kappa shape index (κ2) is 5.62. The molecule has 6 nitrogen and oxygen atoms in total. The quantitative estimate of drug-likeness (QED) is 0.609. The summed E-state index contributed by atoms with van der Waals surface area (Å²) in [5.74, 6) is 0.904. The Morgan fingerprint density at radius 2 is 1.77 bits per heavy atom. The van der Waals surface area contributed by atoms with Crippen molar-refractivity contribution < 1.29 is 23.8 Å². The molecule has 0 atom stereocenters. The summed E-state index contributed by atoms with van der Waals surface area (Å²) in [7, 11) is 0. The number of rotatable bonds is 0. The fourth-order valence-electron chi connectivity index (χ4n) is 3.61. The molecule has 1 aromatic carbocycles. The van der Waals surface area contributed by atoms with Gasteiger partial charge in [-0.15, -0.1) is 0 Å². The maximum absolute atomic E-state index is 13.3. The number of halogens is 1. The van der Waals surface area contributed by atoms with Crippen LogP contribution in [0.4, 0.5) is 10.5 Å². The lowest BCUT2D eigenvalue weighted by molar-refractivity contribution is -0.128. The third kappa shape index (κ3) is 2.68. The van der Waals surface area contributed by atoms with E-state index in [-0.39, 0.29) is 12.6 Å². The SMILES string of the molecule is CC(C)(C)OC(=O)N1c2c(cc(Br)c3c2OCO3)C(C)(C)C(=O)C1(C)C. The Kier molecular flexibility index (Phi) is 4.11. The van der Waals surface area contributed by atoms with Crippen LogP contribution in [-0.2, 0) is 14.9 Å². The van der Waals surface area contributed by atoms with Gasteiger partial charge >= 0.3 is 6.09 Å². The minimum absolute atomic E-state index is 0.0569. The zero-order valence-electron chi connectivity index (χ0n) is 16.2. The molecule has 26 heavy (non-hydrogen) atoms. The van der Waals surface area contributed by atoms with Gasteiger partial charge < -0.3 is 14.2 Å². The average Bonchev–Trinajstić information content (AvgIpc) is 2.95. The molecular formula is C19H24BrNO5. The Morgan fingerprint density at radius 1 is 1.19 bits per heavy atom. The van der Waals surface area contributed by atoms with Crippen LogP contribution in [0.5, 0.6) is 11.5 Å². The summed E-state index contributed by atoms with van der Waals surface area (Å²) in [5.41, 5.74) is -1.37. The van der Waals surface area contributed by atoms with Crippen LogP contribution < -0.4 is 14.4 Å². The van der Waals surface area contributed by atoms with E-state index >= 15 is 0 Å². The molecule has 0 N–H and O–H groups in total. The van der Waals surface area contributed by atoms with Crippen LogP contribution in [0.1, 0.15) is 54.0 Å². The van der Waals surface area contributed by atoms with Crippen molar-refractivity contribution in [3.63, 3.8) is 0 Å². The van der Waals surface area contributed by atoms with Crippen molar-refractivity contribution in [2.24, 2.45) is 0 Å². The molecule has 2 aliphatic heterocycles. The maximum atomic E-state index is 13.3. The second-order valence-corrected chi connectivity index (χ2v) is 9.50. The lowest BCUT2D eigenvalue weighted by Crippen LogP contribution is -2.62. The normalized spacial score (nSPS) is 20.0. The van der Waals surface area contributed by atoms with E-state index < -0.39 is 22.6 Å². The number of ether oxygens (including phenoxy) is 3. The summed E-state index contributed by atoms with van der Waals surface area (Å²) in [6.07, 6.45) is -0.590. The van der Waals surface area contributed by atoms with Crippen molar-refractivity contribution in [1.82, 2.24) is 0 Å². The van der Waals surface area contributed by atoms with E-state index in [1.807, 2.05) is 19.9 Å². The topological polar surface area (TPSA) is 65.1 Å². The highest BCUT2D eigenvalue weighted by Crippen LogP contribution is 2.56. The summed E-state index contributed by atoms with van der Waals surface area (Å²) in [6.45, 7) is 12.6. The molecule has 0 saturated heterocycles. The number of amides is 1. The highest BCUT2D eigenvalue weighted by Gasteiger charge is 2.55. The van der Waals surface area contributed by atoms with Gasteiger partial charge in [-0.1, -0.05) is 0 Å². The van der Waals surface area contributed by atoms with Gasteiger partial charge in [0.2, 0.25) is 6.79 Å². The van der Waals surface area contributed by atoms with E-state index in [0.717, 1.165) is 0 Å². The highest BCUT2D eigenvalue weighted by atomic mass is 79.9. The van der Waals surface area contributed by atoms with Gasteiger partial charge in [-0.3, -0.25) is 9.69 Å². The molecule has 2 heterocycles. The van der Waals surface area contributed by atoms with Crippen LogP contribution >= 0.6 is 15.9 Å². The smallest absolute Gasteiger partial charge is 0.415 e. The van der Waals surface area contributed by atoms with E-state index in [1.165, 1.54) is 4.90 Å². The van der Waals surface area contributed by atoms with Crippen molar-refractivity contribution in [1.29, 1.82) is 0 Å². The number of Topliss-reactive ketones (excluding diaryl/α,β-unsaturated/α-hetero) is 1. The van der Waals surface area contributed by atoms with Crippen molar-refractivity contribution in [2.75, 3.05) is 11.7 Å². The predicted octanol–water partition coefficient (Wildman–Crippen LogP) is 4.56. The van der Waals surface area contributed by atoms with Crippen LogP contribution in [0.15, 0.2) is 10.5 Å². The van der Waals surface area contributed by atoms with E-state index in [0.29, 0.717) is 27.2 Å². The molecular weight excluding hydrogens is 402 g/mol. The Morgan fingerprint density at radius 3 is 2.35 bits per heavy atom. The van der Waals surface area contributed by atoms with Crippen molar-refractivity contribution in [2.45, 2.75) is 65.0 Å². The standard InChI is InChI=1S/C19H24BrNO5/c1-17(2,3)26-16(23)21-12-10(18(4,5)15(22)19(21,6)7)8-11(20)13-14(12)25-9-24-13/h8H,9H2,1-7H3. The van der Waals surface area contributed by atoms with Gasteiger partial charge in [-0.2, -0.15) is 0 Å². The van der Waals surface area contributed by atoms with Gasteiger partial charge in [0.15, 0.2) is 17.3 Å². The molecule has 0 fully saturated rings. The van der Waals surface area contributed by atoms with Gasteiger partial charge in [-0.25, -0.2) is 4.79 Å². The second-order valence-electron chi connectivity index (χ2n) is 8.65. The number of hydrogen-bond donors (Lipinski definition) is 0. The van der Waals surface area contributed by atoms with E-state index in [2.05, 4.69) is 15.9 Å². The van der Waals surface area contributed by atoms with Crippen LogP contribution in [0.25, 0.3) is 0 Å². The van der Waals surface area contributed by atoms with Crippen LogP contribution in [0.3, 0.4) is 0 Å². The molecule has 7 heteroatoms. The maximum Gasteiger partial charge on any atom is 0.415 e. The summed E-state index contributed by atoms with van der Waals surface area (Å²) >= 11 is 3.48. The fourth-order valence-corrected chi connectivity index (χ4v) is 4.13. The molecule has 2 aliphatic rings. The van der Waals surface area contributed by atoms with Crippen molar-refractivity contribution >= 4 is 33.5 Å². The molecule has 1 aromatic rings. The third-order valence-corrected chi connectivity index (χ3v) is 5.32. The van der Waals surface area contributed by atoms with Crippen LogP contribution in [-0.4, -0.2) is 29.8 Å². The summed E-state index contributed by atoms with van der Waals surface area (Å²) in [6, 6.07) is 1.83. The molecule has 0 saturated carbocycles. The minimum atomic E-state index is -1.10. The monoisotopic (exact) mass is 425 g/mol. The van der Waals surface area contributed by atoms with E-state index in [9.17, 15) is 9.59 Å². The Balaban J connectivity index is 2.30. The van der Waals surface area contributed by atoms with E-state index in [4.69, 9.17) is 14.2 Å². The number of ketones is 1. The number of nitrogens with zero attached hydrogens (tertiary/aromatic N) is 1. The first-order valence-electron chi connectivity index (χ1n) is 8.49. The van der Waals surface area contributed by atoms with Gasteiger partial charge in [0.05, 0.1) is 15.6 Å². The number of anilines is 1. The van der Waals surface area contributed by atoms with Gasteiger partial charge in [0.25, 0.3) is 0 Å². The van der Waals surface area contributed by atoms with Crippen LogP contribution in [0.2, 0.25) is 0 Å². The van der Waals surface area contributed by atoms with Crippen molar-refractivity contribution in [3.05, 3.63) is 16.1 Å². The Hall–Kier alpha value is -1.76. The molecule has 0 unspecified atom stereocenters. The molecule has 0 aromatic heterocycles. The number of benzene rings is 1. The first kappa shape index (κ1) is 19.0. The molecule has 0 aliphatic carbocycles. The lowest BCUT2D eigenvalue weighted by atomic mass is 9.69. The Labute approximate surface area is 161 Å². The molecule has 3 rings (SSSR count). The number of carbonyl (C=O) groups is 2. The zero-order valence-corrected chi connectivity index (χ0v) is 17.7. The van der Waals surface area contributed by atoms with Crippen molar-refractivity contribution in [3.8, 4) is 11.5 Å². The molecule has 0 radical (unpaired) electrons. The van der Waals surface area contributed by atoms with Gasteiger partial charge in [-0.05, 0) is 76.0 Å². The highest BCUT2D eigenvalue weighted by molar-refractivity contribution is 9.10. The fraction of sp³-hybridized carbons (Fsp3) is 0.579. The Bertz CT molecular complexity index is 807. The molecule has 0 spiro atoms. The third-order valence-electron chi connectivity index (χ3n) is 4.73. The van der Waals surface area contributed by atoms with Crippen LogP contribution in [0, 0.1) is 0 Å². The molecule has 142 valence electrons. The number of carbonyl (C=O) groups excluding carboxylic acids is 2. The number of fused-ring (bicyclic) bond motifs is 3. The average molecular weight is 426 g/mol. The minimum Gasteiger partial charge on any atom is -0.452 e. The number of hydrogen-bond acceptors (Lipinski definition) is 5. The summed E-state index contributed by atoms with van der Waals surface area (Å²) in [5, 5.41) is 0. The first-order chi connectivity index (χ1) is 11.8. The predicted molar refractivity (Wildman–Crippen MR) is 101 cm³/mol. The summed E-state index contributed by atoms with van der Waals surface area (Å²) in [4.78, 5) is 27.8. The summed E-state index contributed by atoms with van der Waals surface area (Å²) < 4.78 is 17.5. The first-order valence-corrected chi connectivity index (χ1v) is 9.28. The van der Waals surface area contributed by atoms with Gasteiger partial charge in [0.1, 0.15) is 11.1 Å². The zero-order chi connectivity index (χ0) is 19.7. The van der Waals surface area contributed by atoms with E-state index in [1.54, 1.807) is 34.6 Å². The largest absolute Gasteiger partial charge is 0.452 e. The lowest BCUT2D eigenvalue weighted by Gasteiger charge is -2.48. The van der Waals surface area contributed by atoms with Gasteiger partial charge in [0, 0.05) is 0 Å². The molecule has 0 bridgehead atoms.